The van der Waals surface area contributed by atoms with Gasteiger partial charge in [-0.1, -0.05) is 0 Å². The summed E-state index contributed by atoms with van der Waals surface area (Å²) in [6, 6.07) is 0. The highest BCUT2D eigenvalue weighted by atomic mass is 31.2. The molecule has 0 N–H and O–H groups in total. The zero-order chi connectivity index (χ0) is 11.1. The Morgan fingerprint density at radius 3 is 1.69 bits per heavy atom. The first-order valence-electron chi connectivity index (χ1n) is 3.92. The minimum absolute atomic E-state index is 0.120. The Morgan fingerprint density at radius 1 is 1.31 bits per heavy atom. The third-order valence-corrected chi connectivity index (χ3v) is 1.53. The Labute approximate surface area is 81.6 Å². The van der Waals surface area contributed by atoms with E-state index in [1.165, 1.54) is 0 Å². The molecule has 0 rings (SSSR count). The maximum atomic E-state index is 10.2. The first-order chi connectivity index (χ1) is 5.62. The van der Waals surface area contributed by atoms with E-state index < -0.39 is 7.82 Å². The van der Waals surface area contributed by atoms with Gasteiger partial charge in [-0.05, 0) is 6.92 Å². The van der Waals surface area contributed by atoms with Crippen molar-refractivity contribution in [2.45, 2.75) is 6.92 Å². The van der Waals surface area contributed by atoms with Crippen LogP contribution in [-0.4, -0.2) is 40.4 Å². The lowest BCUT2D eigenvalue weighted by atomic mass is 10.9. The highest BCUT2D eigenvalue weighted by Gasteiger charge is 2.03. The highest BCUT2D eigenvalue weighted by Crippen LogP contribution is 2.40. The van der Waals surface area contributed by atoms with Crippen molar-refractivity contribution in [1.82, 2.24) is 0 Å². The average Bonchev–Trinajstić information content (AvgIpc) is 1.84. The molecule has 0 aromatic rings. The van der Waals surface area contributed by atoms with Crippen molar-refractivity contribution >= 4 is 15.1 Å². The minimum Gasteiger partial charge on any atom is -0.756 e. The lowest BCUT2D eigenvalue weighted by Crippen LogP contribution is -2.05. The topological polar surface area (TPSA) is 58.6 Å². The molecule has 0 fully saturated rings. The van der Waals surface area contributed by atoms with Crippen molar-refractivity contribution in [1.29, 1.82) is 0 Å². The number of rotatable bonds is 3. The summed E-state index contributed by atoms with van der Waals surface area (Å²) in [6.07, 6.45) is 0. The standard InChI is InChI=1S/C4H12P.C3H9O4P/c1-5(2,3)4;1-3-7-8(4,5)6-2/h1-4H3;3H2,1-2H3,(H,4,5)/q+1;/p-1. The van der Waals surface area contributed by atoms with Crippen molar-refractivity contribution in [3.05, 3.63) is 0 Å². The maximum absolute atomic E-state index is 10.2. The largest absolute Gasteiger partial charge is 0.756 e. The van der Waals surface area contributed by atoms with Gasteiger partial charge in [0.05, 0.1) is 6.61 Å². The predicted octanol–water partition coefficient (Wildman–Crippen LogP) is 1.66. The first-order valence-corrected chi connectivity index (χ1v) is 8.96. The Morgan fingerprint density at radius 2 is 1.62 bits per heavy atom. The molecule has 0 aromatic heterocycles. The van der Waals surface area contributed by atoms with E-state index in [-0.39, 0.29) is 13.9 Å². The second-order valence-electron chi connectivity index (χ2n) is 3.73. The van der Waals surface area contributed by atoms with Gasteiger partial charge in [-0.3, -0.25) is 4.57 Å². The van der Waals surface area contributed by atoms with Crippen molar-refractivity contribution in [2.24, 2.45) is 0 Å². The summed E-state index contributed by atoms with van der Waals surface area (Å²) in [4.78, 5) is 10.2. The molecule has 0 amide bonds. The maximum Gasteiger partial charge on any atom is 0.267 e. The molecule has 0 bridgehead atoms. The molecule has 0 aliphatic heterocycles. The van der Waals surface area contributed by atoms with Crippen molar-refractivity contribution < 1.29 is 18.5 Å². The van der Waals surface area contributed by atoms with Crippen LogP contribution in [0.2, 0.25) is 0 Å². The Balaban J connectivity index is 0. The molecule has 1 atom stereocenters. The second-order valence-corrected chi connectivity index (χ2v) is 10.6. The smallest absolute Gasteiger partial charge is 0.267 e. The zero-order valence-corrected chi connectivity index (χ0v) is 11.0. The molecule has 82 valence electrons. The van der Waals surface area contributed by atoms with Crippen LogP contribution in [0.25, 0.3) is 0 Å². The third-order valence-electron chi connectivity index (χ3n) is 0.511. The van der Waals surface area contributed by atoms with Crippen LogP contribution in [0.3, 0.4) is 0 Å². The van der Waals surface area contributed by atoms with Crippen LogP contribution in [0.15, 0.2) is 0 Å². The van der Waals surface area contributed by atoms with Crippen LogP contribution in [-0.2, 0) is 13.6 Å². The van der Waals surface area contributed by atoms with E-state index in [0.717, 1.165) is 7.11 Å². The minimum atomic E-state index is -3.92. The fraction of sp³-hybridized carbons (Fsp3) is 1.00. The summed E-state index contributed by atoms with van der Waals surface area (Å²) in [6.45, 7) is 10.9. The predicted molar refractivity (Wildman–Crippen MR) is 56.9 cm³/mol. The van der Waals surface area contributed by atoms with Crippen LogP contribution in [0, 0.1) is 0 Å². The van der Waals surface area contributed by atoms with E-state index in [1.54, 1.807) is 6.92 Å². The zero-order valence-electron chi connectivity index (χ0n) is 9.23. The number of hydrogen-bond donors (Lipinski definition) is 0. The highest BCUT2D eigenvalue weighted by molar-refractivity contribution is 7.73. The molecule has 0 saturated carbocycles. The van der Waals surface area contributed by atoms with E-state index in [2.05, 4.69) is 35.7 Å². The first kappa shape index (κ1) is 16.0. The molecule has 0 aliphatic rings. The lowest BCUT2D eigenvalue weighted by molar-refractivity contribution is -0.222. The van der Waals surface area contributed by atoms with E-state index >= 15 is 0 Å². The Hall–Kier alpha value is 0.540. The molecule has 1 unspecified atom stereocenters. The van der Waals surface area contributed by atoms with E-state index in [0.29, 0.717) is 0 Å². The Bertz CT molecular complexity index is 158. The monoisotopic (exact) mass is 230 g/mol. The SMILES string of the molecule is CCOP(=O)([O-])OC.C[P+](C)(C)C. The summed E-state index contributed by atoms with van der Waals surface area (Å²) in [5.74, 6) is 0. The van der Waals surface area contributed by atoms with Gasteiger partial charge in [0.2, 0.25) is 0 Å². The van der Waals surface area contributed by atoms with Gasteiger partial charge in [-0.25, -0.2) is 0 Å². The van der Waals surface area contributed by atoms with Gasteiger partial charge in [-0.15, -0.1) is 0 Å². The molecule has 0 aliphatic carbocycles. The van der Waals surface area contributed by atoms with Crippen molar-refractivity contribution in [3.8, 4) is 0 Å². The van der Waals surface area contributed by atoms with Crippen LogP contribution in [0.4, 0.5) is 0 Å². The fourth-order valence-corrected chi connectivity index (χ4v) is 0.632. The van der Waals surface area contributed by atoms with Gasteiger partial charge in [0, 0.05) is 41.0 Å². The molecule has 4 nitrogen and oxygen atoms in total. The summed E-state index contributed by atoms with van der Waals surface area (Å²) in [5, 5.41) is 0. The van der Waals surface area contributed by atoms with E-state index in [1.807, 2.05) is 0 Å². The molecule has 0 heterocycles. The van der Waals surface area contributed by atoms with Crippen LogP contribution < -0.4 is 4.89 Å². The second kappa shape index (κ2) is 6.92. The lowest BCUT2D eigenvalue weighted by Gasteiger charge is -2.18. The number of hydrogen-bond acceptors (Lipinski definition) is 4. The van der Waals surface area contributed by atoms with Gasteiger partial charge in [-0.2, -0.15) is 0 Å². The quantitative estimate of drug-likeness (QED) is 0.692. The molecule has 13 heavy (non-hydrogen) atoms. The molecular formula is C7H20O4P2. The summed E-state index contributed by atoms with van der Waals surface area (Å²) in [7, 11) is -3.25. The van der Waals surface area contributed by atoms with E-state index in [9.17, 15) is 9.46 Å². The summed E-state index contributed by atoms with van der Waals surface area (Å²) >= 11 is 0. The summed E-state index contributed by atoms with van der Waals surface area (Å²) < 4.78 is 18.3. The molecule has 6 heteroatoms. The summed E-state index contributed by atoms with van der Waals surface area (Å²) in [5.41, 5.74) is 0. The van der Waals surface area contributed by atoms with Crippen LogP contribution >= 0.6 is 15.1 Å². The number of phosphoric acid groups is 1. The van der Waals surface area contributed by atoms with Gasteiger partial charge in [0.1, 0.15) is 0 Å². The molecular weight excluding hydrogens is 210 g/mol. The number of phosphoric ester groups is 1. The molecule has 0 radical (unpaired) electrons. The fourth-order valence-electron chi connectivity index (χ4n) is 0.211. The van der Waals surface area contributed by atoms with Gasteiger partial charge < -0.3 is 13.9 Å². The van der Waals surface area contributed by atoms with Gasteiger partial charge in [0.25, 0.3) is 7.82 Å². The molecule has 0 aromatic carbocycles. The molecule has 0 spiro atoms. The normalized spacial score (nSPS) is 15.6. The van der Waals surface area contributed by atoms with Gasteiger partial charge in [0.15, 0.2) is 0 Å². The van der Waals surface area contributed by atoms with Crippen molar-refractivity contribution in [3.63, 3.8) is 0 Å². The van der Waals surface area contributed by atoms with E-state index in [4.69, 9.17) is 0 Å². The van der Waals surface area contributed by atoms with Gasteiger partial charge >= 0.3 is 0 Å². The van der Waals surface area contributed by atoms with Crippen LogP contribution in [0.1, 0.15) is 6.92 Å². The van der Waals surface area contributed by atoms with Crippen molar-refractivity contribution in [2.75, 3.05) is 40.4 Å². The van der Waals surface area contributed by atoms with Crippen LogP contribution in [0.5, 0.6) is 0 Å². The third kappa shape index (κ3) is 24.5. The molecule has 0 saturated heterocycles. The Kier molecular flexibility index (Phi) is 8.50. The average molecular weight is 230 g/mol.